The summed E-state index contributed by atoms with van der Waals surface area (Å²) in [5.74, 6) is -0.350. The lowest BCUT2D eigenvalue weighted by Gasteiger charge is -2.52. The normalized spacial score (nSPS) is 24.4. The van der Waals surface area contributed by atoms with Gasteiger partial charge in [-0.3, -0.25) is 0 Å². The zero-order chi connectivity index (χ0) is 14.8. The summed E-state index contributed by atoms with van der Waals surface area (Å²) in [6.45, 7) is 7.60. The molecule has 3 nitrogen and oxygen atoms in total. The van der Waals surface area contributed by atoms with Gasteiger partial charge in [-0.1, -0.05) is 19.9 Å². The van der Waals surface area contributed by atoms with Crippen LogP contribution in [0.4, 0.5) is 4.39 Å². The Bertz CT molecular complexity index is 462. The number of nitrogens with one attached hydrogen (secondary N) is 1. The third-order valence-electron chi connectivity index (χ3n) is 4.38. The van der Waals surface area contributed by atoms with Gasteiger partial charge >= 0.3 is 0 Å². The van der Waals surface area contributed by atoms with E-state index in [2.05, 4.69) is 19.2 Å². The summed E-state index contributed by atoms with van der Waals surface area (Å²) >= 11 is 0. The molecule has 0 radical (unpaired) electrons. The Morgan fingerprint density at radius 1 is 1.45 bits per heavy atom. The summed E-state index contributed by atoms with van der Waals surface area (Å²) in [6, 6.07) is 5.29. The lowest BCUT2D eigenvalue weighted by Crippen LogP contribution is -2.60. The number of benzene rings is 1. The Balaban J connectivity index is 1.90. The molecule has 1 saturated carbocycles. The molecule has 0 spiro atoms. The first kappa shape index (κ1) is 15.4. The molecule has 0 unspecified atom stereocenters. The monoisotopic (exact) mass is 281 g/mol. The lowest BCUT2D eigenvalue weighted by molar-refractivity contribution is -0.114. The Morgan fingerprint density at radius 3 is 2.80 bits per heavy atom. The molecule has 1 aliphatic rings. The molecule has 112 valence electrons. The maximum absolute atomic E-state index is 13.3. The lowest BCUT2D eigenvalue weighted by atomic mass is 9.64. The Morgan fingerprint density at radius 2 is 2.20 bits per heavy atom. The van der Waals surface area contributed by atoms with Gasteiger partial charge in [-0.25, -0.2) is 4.39 Å². The van der Waals surface area contributed by atoms with Crippen LogP contribution >= 0.6 is 0 Å². The molecule has 0 heterocycles. The minimum atomic E-state index is -0.350. The smallest absolute Gasteiger partial charge is 0.128 e. The Labute approximate surface area is 120 Å². The molecule has 0 saturated heterocycles. The Hall–Kier alpha value is -0.970. The van der Waals surface area contributed by atoms with Crippen LogP contribution in [-0.2, 0) is 17.9 Å². The fourth-order valence-electron chi connectivity index (χ4n) is 2.82. The van der Waals surface area contributed by atoms with E-state index in [4.69, 9.17) is 9.84 Å². The number of rotatable bonds is 6. The molecule has 0 aromatic heterocycles. The second-order valence-electron chi connectivity index (χ2n) is 6.02. The molecule has 1 aromatic rings. The van der Waals surface area contributed by atoms with E-state index in [0.717, 1.165) is 18.6 Å². The molecule has 1 aliphatic carbocycles. The van der Waals surface area contributed by atoms with E-state index >= 15 is 0 Å². The third kappa shape index (κ3) is 3.03. The quantitative estimate of drug-likeness (QED) is 0.842. The average molecular weight is 281 g/mol. The van der Waals surface area contributed by atoms with Crippen LogP contribution in [0.3, 0.4) is 0 Å². The minimum absolute atomic E-state index is 0.121. The average Bonchev–Trinajstić information content (AvgIpc) is 2.43. The van der Waals surface area contributed by atoms with E-state index in [1.165, 1.54) is 6.07 Å². The second-order valence-corrected chi connectivity index (χ2v) is 6.02. The van der Waals surface area contributed by atoms with Gasteiger partial charge in [-0.15, -0.1) is 0 Å². The summed E-state index contributed by atoms with van der Waals surface area (Å²) in [4.78, 5) is 0. The molecule has 0 amide bonds. The van der Waals surface area contributed by atoms with Crippen molar-refractivity contribution in [2.24, 2.45) is 5.41 Å². The molecule has 0 bridgehead atoms. The number of hydrogen-bond acceptors (Lipinski definition) is 3. The molecule has 4 heteroatoms. The topological polar surface area (TPSA) is 41.5 Å². The van der Waals surface area contributed by atoms with Crippen LogP contribution in [0.1, 0.15) is 38.3 Å². The highest BCUT2D eigenvalue weighted by molar-refractivity contribution is 5.24. The van der Waals surface area contributed by atoms with E-state index < -0.39 is 0 Å². The molecular weight excluding hydrogens is 257 g/mol. The van der Waals surface area contributed by atoms with Crippen LogP contribution in [0.15, 0.2) is 18.2 Å². The predicted molar refractivity (Wildman–Crippen MR) is 76.8 cm³/mol. The van der Waals surface area contributed by atoms with Gasteiger partial charge < -0.3 is 15.2 Å². The van der Waals surface area contributed by atoms with Crippen LogP contribution in [-0.4, -0.2) is 23.9 Å². The highest BCUT2D eigenvalue weighted by atomic mass is 19.1. The first-order chi connectivity index (χ1) is 9.48. The first-order valence-electron chi connectivity index (χ1n) is 7.22. The van der Waals surface area contributed by atoms with Crippen molar-refractivity contribution in [2.45, 2.75) is 52.5 Å². The van der Waals surface area contributed by atoms with Crippen molar-refractivity contribution < 1.29 is 14.2 Å². The summed E-state index contributed by atoms with van der Waals surface area (Å²) in [7, 11) is 0. The third-order valence-corrected chi connectivity index (χ3v) is 4.38. The van der Waals surface area contributed by atoms with E-state index in [0.29, 0.717) is 24.3 Å². The molecule has 0 aliphatic heterocycles. The van der Waals surface area contributed by atoms with Crippen molar-refractivity contribution in [3.05, 3.63) is 35.1 Å². The first-order valence-corrected chi connectivity index (χ1v) is 7.22. The highest BCUT2D eigenvalue weighted by Crippen LogP contribution is 2.42. The molecule has 2 atom stereocenters. The van der Waals surface area contributed by atoms with Gasteiger partial charge in [-0.05, 0) is 31.0 Å². The molecule has 2 N–H and O–H groups in total. The van der Waals surface area contributed by atoms with Gasteiger partial charge in [0.2, 0.25) is 0 Å². The van der Waals surface area contributed by atoms with E-state index in [9.17, 15) is 4.39 Å². The van der Waals surface area contributed by atoms with Crippen LogP contribution in [0.5, 0.6) is 0 Å². The second kappa shape index (κ2) is 6.20. The van der Waals surface area contributed by atoms with E-state index in [-0.39, 0.29) is 17.8 Å². The van der Waals surface area contributed by atoms with Crippen molar-refractivity contribution >= 4 is 0 Å². The zero-order valence-electron chi connectivity index (χ0n) is 12.4. The van der Waals surface area contributed by atoms with Gasteiger partial charge in [0.1, 0.15) is 5.82 Å². The summed E-state index contributed by atoms with van der Waals surface area (Å²) in [6.07, 6.45) is 1.32. The molecule has 20 heavy (non-hydrogen) atoms. The van der Waals surface area contributed by atoms with Crippen LogP contribution in [0, 0.1) is 11.2 Å². The van der Waals surface area contributed by atoms with Crippen LogP contribution in [0.25, 0.3) is 0 Å². The van der Waals surface area contributed by atoms with Gasteiger partial charge in [0.05, 0.1) is 12.7 Å². The van der Waals surface area contributed by atoms with Crippen molar-refractivity contribution in [3.8, 4) is 0 Å². The van der Waals surface area contributed by atoms with Gasteiger partial charge in [0.25, 0.3) is 0 Å². The highest BCUT2D eigenvalue weighted by Gasteiger charge is 2.48. The fraction of sp³-hybridized carbons (Fsp3) is 0.625. The van der Waals surface area contributed by atoms with E-state index in [1.54, 1.807) is 12.1 Å². The number of hydrogen-bond donors (Lipinski definition) is 2. The molecule has 2 rings (SSSR count). The zero-order valence-corrected chi connectivity index (χ0v) is 12.4. The number of halogens is 1. The van der Waals surface area contributed by atoms with Crippen LogP contribution in [0.2, 0.25) is 0 Å². The van der Waals surface area contributed by atoms with Gasteiger partial charge in [0.15, 0.2) is 0 Å². The summed E-state index contributed by atoms with van der Waals surface area (Å²) < 4.78 is 19.0. The standard InChI is InChI=1S/C16H24FNO2/c1-4-20-15-8-14(16(15,2)3)18-9-11-5-6-13(17)12(7-11)10-19/h5-7,14-15,18-19H,4,8-10H2,1-3H3/t14-,15+/m0/s1. The maximum Gasteiger partial charge on any atom is 0.128 e. The SMILES string of the molecule is CCO[C@@H]1C[C@H](NCc2ccc(F)c(CO)c2)C1(C)C. The molecule has 1 fully saturated rings. The Kier molecular flexibility index (Phi) is 4.78. The van der Waals surface area contributed by atoms with Gasteiger partial charge in [0, 0.05) is 30.2 Å². The largest absolute Gasteiger partial charge is 0.392 e. The number of aliphatic hydroxyl groups excluding tert-OH is 1. The van der Waals surface area contributed by atoms with Crippen molar-refractivity contribution in [3.63, 3.8) is 0 Å². The minimum Gasteiger partial charge on any atom is -0.392 e. The van der Waals surface area contributed by atoms with Crippen molar-refractivity contribution in [1.29, 1.82) is 0 Å². The maximum atomic E-state index is 13.3. The number of aliphatic hydroxyl groups is 1. The summed E-state index contributed by atoms with van der Waals surface area (Å²) in [5, 5.41) is 12.6. The number of ether oxygens (including phenoxy) is 1. The molecular formula is C16H24FNO2. The fourth-order valence-corrected chi connectivity index (χ4v) is 2.82. The summed E-state index contributed by atoms with van der Waals surface area (Å²) in [5.41, 5.74) is 1.46. The van der Waals surface area contributed by atoms with Crippen LogP contribution < -0.4 is 5.32 Å². The van der Waals surface area contributed by atoms with Crippen molar-refractivity contribution in [2.75, 3.05) is 6.61 Å². The predicted octanol–water partition coefficient (Wildman–Crippen LogP) is 2.61. The van der Waals surface area contributed by atoms with Crippen molar-refractivity contribution in [1.82, 2.24) is 5.32 Å². The van der Waals surface area contributed by atoms with Gasteiger partial charge in [-0.2, -0.15) is 0 Å². The molecule has 1 aromatic carbocycles. The van der Waals surface area contributed by atoms with E-state index in [1.807, 2.05) is 6.92 Å².